The molecule has 0 aliphatic heterocycles. The van der Waals surface area contributed by atoms with E-state index in [0.29, 0.717) is 11.3 Å². The number of rotatable bonds is 6. The summed E-state index contributed by atoms with van der Waals surface area (Å²) < 4.78 is 31.4. The lowest BCUT2D eigenvalue weighted by molar-refractivity contribution is -0.682. The van der Waals surface area contributed by atoms with E-state index in [1.165, 1.54) is 19.2 Å². The van der Waals surface area contributed by atoms with Crippen LogP contribution >= 0.6 is 0 Å². The fourth-order valence-electron chi connectivity index (χ4n) is 2.36. The molecule has 132 valence electrons. The van der Waals surface area contributed by atoms with Crippen molar-refractivity contribution in [3.8, 4) is 0 Å². The molecule has 5 nitrogen and oxygen atoms in total. The van der Waals surface area contributed by atoms with Crippen LogP contribution in [0.15, 0.2) is 42.5 Å². The van der Waals surface area contributed by atoms with Crippen molar-refractivity contribution in [2.75, 3.05) is 19.0 Å². The quantitative estimate of drug-likeness (QED) is 0.784. The Kier molecular flexibility index (Phi) is 6.19. The normalized spacial score (nSPS) is 11.7. The monoisotopic (exact) mass is 349 g/mol. The number of para-hydroxylation sites is 1. The Balaban J connectivity index is 1.98. The third-order valence-corrected chi connectivity index (χ3v) is 3.72. The van der Waals surface area contributed by atoms with Crippen molar-refractivity contribution >= 4 is 17.6 Å². The molecule has 3 N–H and O–H groups in total. The van der Waals surface area contributed by atoms with Gasteiger partial charge in [-0.25, -0.2) is 13.6 Å². The first-order valence-electron chi connectivity index (χ1n) is 7.68. The molecule has 25 heavy (non-hydrogen) atoms. The lowest BCUT2D eigenvalue weighted by Gasteiger charge is -2.13. The van der Waals surface area contributed by atoms with Gasteiger partial charge in [-0.15, -0.1) is 0 Å². The number of hydrogen-bond acceptors (Lipinski definition) is 3. The summed E-state index contributed by atoms with van der Waals surface area (Å²) in [6.45, 7) is 1.72. The summed E-state index contributed by atoms with van der Waals surface area (Å²) in [5.74, 6) is -2.21. The minimum Gasteiger partial charge on any atom is -0.465 e. The summed E-state index contributed by atoms with van der Waals surface area (Å²) in [6, 6.07) is 9.45. The standard InChI is InChI=1S/C18H18F2N2O3/c1-11(13-8-7-12(19)9-15(13)20)21-10-17(23)22-16-6-4-3-5-14(16)18(24)25-2/h3-9,11,21H,10H2,1-2H3,(H,22,23)/p+1/t11-/m1/s1. The van der Waals surface area contributed by atoms with E-state index in [1.54, 1.807) is 36.5 Å². The van der Waals surface area contributed by atoms with Gasteiger partial charge in [0.15, 0.2) is 6.54 Å². The minimum absolute atomic E-state index is 0.00743. The fourth-order valence-corrected chi connectivity index (χ4v) is 2.36. The Morgan fingerprint density at radius 2 is 1.92 bits per heavy atom. The highest BCUT2D eigenvalue weighted by Gasteiger charge is 2.18. The molecular formula is C18H19F2N2O3+. The third kappa shape index (κ3) is 4.84. The first-order valence-corrected chi connectivity index (χ1v) is 7.68. The average molecular weight is 349 g/mol. The molecule has 0 radical (unpaired) electrons. The summed E-state index contributed by atoms with van der Waals surface area (Å²) in [7, 11) is 1.26. The van der Waals surface area contributed by atoms with Gasteiger partial charge in [0.05, 0.1) is 18.4 Å². The van der Waals surface area contributed by atoms with E-state index in [0.717, 1.165) is 6.07 Å². The van der Waals surface area contributed by atoms with Crippen LogP contribution in [0.5, 0.6) is 0 Å². The molecule has 2 rings (SSSR count). The number of carbonyl (C=O) groups is 2. The molecule has 1 amide bonds. The summed E-state index contributed by atoms with van der Waals surface area (Å²) >= 11 is 0. The lowest BCUT2D eigenvalue weighted by atomic mass is 10.1. The van der Waals surface area contributed by atoms with Crippen molar-refractivity contribution in [3.05, 3.63) is 65.2 Å². The molecule has 0 fully saturated rings. The molecule has 0 spiro atoms. The smallest absolute Gasteiger partial charge is 0.339 e. The van der Waals surface area contributed by atoms with Gasteiger partial charge in [0.1, 0.15) is 17.7 Å². The number of amides is 1. The number of anilines is 1. The zero-order valence-electron chi connectivity index (χ0n) is 13.9. The number of hydrogen-bond donors (Lipinski definition) is 2. The number of nitrogens with one attached hydrogen (secondary N) is 1. The van der Waals surface area contributed by atoms with E-state index in [2.05, 4.69) is 10.1 Å². The van der Waals surface area contributed by atoms with Crippen molar-refractivity contribution in [2.45, 2.75) is 13.0 Å². The molecule has 0 aliphatic carbocycles. The van der Waals surface area contributed by atoms with Crippen molar-refractivity contribution in [1.82, 2.24) is 0 Å². The molecule has 0 saturated heterocycles. The number of nitrogens with two attached hydrogens (primary N) is 1. The summed E-state index contributed by atoms with van der Waals surface area (Å²) in [6.07, 6.45) is 0. The van der Waals surface area contributed by atoms with E-state index in [1.807, 2.05) is 0 Å². The molecule has 0 heterocycles. The molecule has 7 heteroatoms. The third-order valence-electron chi connectivity index (χ3n) is 3.72. The van der Waals surface area contributed by atoms with Crippen LogP contribution in [0.25, 0.3) is 0 Å². The van der Waals surface area contributed by atoms with Crippen LogP contribution in [0, 0.1) is 11.6 Å². The van der Waals surface area contributed by atoms with Crippen molar-refractivity contribution < 1.29 is 28.4 Å². The van der Waals surface area contributed by atoms with Crippen LogP contribution in [-0.4, -0.2) is 25.5 Å². The predicted molar refractivity (Wildman–Crippen MR) is 88.0 cm³/mol. The van der Waals surface area contributed by atoms with Gasteiger partial charge < -0.3 is 15.4 Å². The van der Waals surface area contributed by atoms with Crippen molar-refractivity contribution in [2.24, 2.45) is 0 Å². The maximum absolute atomic E-state index is 13.7. The van der Waals surface area contributed by atoms with Crippen molar-refractivity contribution in [3.63, 3.8) is 0 Å². The zero-order valence-corrected chi connectivity index (χ0v) is 13.9. The first kappa shape index (κ1) is 18.5. The lowest BCUT2D eigenvalue weighted by Crippen LogP contribution is -2.86. The van der Waals surface area contributed by atoms with E-state index in [9.17, 15) is 18.4 Å². The number of methoxy groups -OCH3 is 1. The number of quaternary nitrogens is 1. The van der Waals surface area contributed by atoms with E-state index < -0.39 is 17.6 Å². The fraction of sp³-hybridized carbons (Fsp3) is 0.222. The Hall–Kier alpha value is -2.80. The maximum Gasteiger partial charge on any atom is 0.339 e. The van der Waals surface area contributed by atoms with Crippen LogP contribution in [-0.2, 0) is 9.53 Å². The van der Waals surface area contributed by atoms with Crippen LogP contribution in [0.4, 0.5) is 14.5 Å². The number of halogens is 2. The molecule has 0 unspecified atom stereocenters. The molecular weight excluding hydrogens is 330 g/mol. The SMILES string of the molecule is COC(=O)c1ccccc1NC(=O)C[NH2+][C@H](C)c1ccc(F)cc1F. The highest BCUT2D eigenvalue weighted by atomic mass is 19.1. The highest BCUT2D eigenvalue weighted by molar-refractivity contribution is 6.01. The summed E-state index contributed by atoms with van der Waals surface area (Å²) in [4.78, 5) is 23.8. The van der Waals surface area contributed by atoms with Gasteiger partial charge in [0.2, 0.25) is 0 Å². The van der Waals surface area contributed by atoms with Gasteiger partial charge in [0, 0.05) is 11.6 Å². The highest BCUT2D eigenvalue weighted by Crippen LogP contribution is 2.16. The second kappa shape index (κ2) is 8.34. The molecule has 0 saturated carbocycles. The van der Waals surface area contributed by atoms with Gasteiger partial charge in [-0.3, -0.25) is 4.79 Å². The molecule has 0 bridgehead atoms. The predicted octanol–water partition coefficient (Wildman–Crippen LogP) is 2.01. The topological polar surface area (TPSA) is 72.0 Å². The second-order valence-corrected chi connectivity index (χ2v) is 5.48. The summed E-state index contributed by atoms with van der Waals surface area (Å²) in [5.41, 5.74) is 0.897. The van der Waals surface area contributed by atoms with Gasteiger partial charge in [-0.2, -0.15) is 0 Å². The van der Waals surface area contributed by atoms with Crippen LogP contribution in [0.2, 0.25) is 0 Å². The molecule has 2 aromatic carbocycles. The molecule has 0 aliphatic rings. The first-order chi connectivity index (χ1) is 11.9. The van der Waals surface area contributed by atoms with Crippen LogP contribution in [0.1, 0.15) is 28.9 Å². The number of carbonyl (C=O) groups excluding carboxylic acids is 2. The van der Waals surface area contributed by atoms with E-state index >= 15 is 0 Å². The largest absolute Gasteiger partial charge is 0.465 e. The Bertz CT molecular complexity index is 781. The summed E-state index contributed by atoms with van der Waals surface area (Å²) in [5, 5.41) is 4.25. The number of benzene rings is 2. The Morgan fingerprint density at radius 1 is 1.20 bits per heavy atom. The minimum atomic E-state index is -0.653. The molecule has 1 atom stereocenters. The zero-order chi connectivity index (χ0) is 18.4. The molecule has 0 aromatic heterocycles. The van der Waals surface area contributed by atoms with E-state index in [4.69, 9.17) is 0 Å². The second-order valence-electron chi connectivity index (χ2n) is 5.48. The number of ether oxygens (including phenoxy) is 1. The van der Waals surface area contributed by atoms with Crippen molar-refractivity contribution in [1.29, 1.82) is 0 Å². The van der Waals surface area contributed by atoms with Gasteiger partial charge in [0.25, 0.3) is 5.91 Å². The molecule has 2 aromatic rings. The number of esters is 1. The van der Waals surface area contributed by atoms with Gasteiger partial charge in [-0.05, 0) is 31.2 Å². The Labute approximate surface area is 144 Å². The van der Waals surface area contributed by atoms with Crippen LogP contribution in [0.3, 0.4) is 0 Å². The average Bonchev–Trinajstić information content (AvgIpc) is 2.59. The maximum atomic E-state index is 13.7. The van der Waals surface area contributed by atoms with Gasteiger partial charge >= 0.3 is 5.97 Å². The Morgan fingerprint density at radius 3 is 2.60 bits per heavy atom. The van der Waals surface area contributed by atoms with Gasteiger partial charge in [-0.1, -0.05) is 12.1 Å². The van der Waals surface area contributed by atoms with Crippen LogP contribution < -0.4 is 10.6 Å². The van der Waals surface area contributed by atoms with E-state index in [-0.39, 0.29) is 24.1 Å².